The van der Waals surface area contributed by atoms with Crippen LogP contribution in [0, 0.1) is 0 Å². The lowest BCUT2D eigenvalue weighted by Gasteiger charge is -2.41. The molecule has 1 amide bonds. The summed E-state index contributed by atoms with van der Waals surface area (Å²) in [6.07, 6.45) is 5.70. The molecule has 0 unspecified atom stereocenters. The SMILES string of the molecule is O=C(O)N1CCC2(CC1)c1ccccc1CCn1ccnc12. The van der Waals surface area contributed by atoms with Crippen molar-refractivity contribution in [3.8, 4) is 0 Å². The summed E-state index contributed by atoms with van der Waals surface area (Å²) in [6.45, 7) is 2.07. The first kappa shape index (κ1) is 13.4. The quantitative estimate of drug-likeness (QED) is 0.813. The van der Waals surface area contributed by atoms with Crippen molar-refractivity contribution in [2.45, 2.75) is 31.2 Å². The van der Waals surface area contributed by atoms with Gasteiger partial charge in [0.15, 0.2) is 0 Å². The molecule has 1 fully saturated rings. The van der Waals surface area contributed by atoms with Crippen LogP contribution >= 0.6 is 0 Å². The van der Waals surface area contributed by atoms with Crippen LogP contribution in [0.2, 0.25) is 0 Å². The monoisotopic (exact) mass is 297 g/mol. The van der Waals surface area contributed by atoms with Crippen LogP contribution < -0.4 is 0 Å². The van der Waals surface area contributed by atoms with Gasteiger partial charge >= 0.3 is 6.09 Å². The van der Waals surface area contributed by atoms with Crippen LogP contribution in [0.4, 0.5) is 4.79 Å². The smallest absolute Gasteiger partial charge is 0.407 e. The summed E-state index contributed by atoms with van der Waals surface area (Å²) in [5.41, 5.74) is 2.56. The van der Waals surface area contributed by atoms with Crippen LogP contribution in [0.25, 0.3) is 0 Å². The van der Waals surface area contributed by atoms with Crippen molar-refractivity contribution >= 4 is 6.09 Å². The molecular weight excluding hydrogens is 278 g/mol. The molecule has 2 aliphatic rings. The highest BCUT2D eigenvalue weighted by molar-refractivity contribution is 5.65. The van der Waals surface area contributed by atoms with Gasteiger partial charge in [0.2, 0.25) is 0 Å². The van der Waals surface area contributed by atoms with Crippen molar-refractivity contribution in [3.05, 3.63) is 53.6 Å². The van der Waals surface area contributed by atoms with Gasteiger partial charge in [-0.05, 0) is 30.4 Å². The molecule has 4 rings (SSSR count). The lowest BCUT2D eigenvalue weighted by Crippen LogP contribution is -2.46. The van der Waals surface area contributed by atoms with Gasteiger partial charge in [-0.3, -0.25) is 0 Å². The van der Waals surface area contributed by atoms with Gasteiger partial charge < -0.3 is 14.6 Å². The Labute approximate surface area is 129 Å². The molecule has 1 N–H and O–H groups in total. The number of benzene rings is 1. The van der Waals surface area contributed by atoms with Crippen molar-refractivity contribution in [2.24, 2.45) is 0 Å². The van der Waals surface area contributed by atoms with E-state index in [9.17, 15) is 9.90 Å². The van der Waals surface area contributed by atoms with Crippen LogP contribution in [0.3, 0.4) is 0 Å². The van der Waals surface area contributed by atoms with E-state index in [1.165, 1.54) is 16.0 Å². The van der Waals surface area contributed by atoms with Crippen LogP contribution in [-0.4, -0.2) is 38.7 Å². The largest absolute Gasteiger partial charge is 0.465 e. The Morgan fingerprint density at radius 2 is 1.95 bits per heavy atom. The first-order chi connectivity index (χ1) is 10.7. The molecule has 5 nitrogen and oxygen atoms in total. The van der Waals surface area contributed by atoms with Gasteiger partial charge in [0.25, 0.3) is 0 Å². The fourth-order valence-electron chi connectivity index (χ4n) is 4.05. The maximum Gasteiger partial charge on any atom is 0.407 e. The average molecular weight is 297 g/mol. The molecule has 1 saturated heterocycles. The van der Waals surface area contributed by atoms with E-state index in [0.717, 1.165) is 31.6 Å². The molecule has 0 atom stereocenters. The number of nitrogens with zero attached hydrogens (tertiary/aromatic N) is 3. The summed E-state index contributed by atoms with van der Waals surface area (Å²) in [5, 5.41) is 9.24. The summed E-state index contributed by atoms with van der Waals surface area (Å²) >= 11 is 0. The van der Waals surface area contributed by atoms with Gasteiger partial charge in [-0.25, -0.2) is 9.78 Å². The van der Waals surface area contributed by atoms with E-state index >= 15 is 0 Å². The Morgan fingerprint density at radius 3 is 2.73 bits per heavy atom. The van der Waals surface area contributed by atoms with Crippen molar-refractivity contribution in [1.82, 2.24) is 14.5 Å². The number of hydrogen-bond donors (Lipinski definition) is 1. The fraction of sp³-hybridized carbons (Fsp3) is 0.412. The predicted octanol–water partition coefficient (Wildman–Crippen LogP) is 2.50. The minimum Gasteiger partial charge on any atom is -0.465 e. The molecule has 0 aliphatic carbocycles. The Morgan fingerprint density at radius 1 is 1.18 bits per heavy atom. The van der Waals surface area contributed by atoms with E-state index in [4.69, 9.17) is 0 Å². The average Bonchev–Trinajstić information content (AvgIpc) is 2.98. The summed E-state index contributed by atoms with van der Waals surface area (Å²) in [4.78, 5) is 17.4. The van der Waals surface area contributed by atoms with Crippen molar-refractivity contribution in [1.29, 1.82) is 0 Å². The van der Waals surface area contributed by atoms with E-state index in [1.807, 2.05) is 12.4 Å². The maximum absolute atomic E-state index is 11.2. The summed E-state index contributed by atoms with van der Waals surface area (Å²) in [5.74, 6) is 1.10. The normalized spacial score (nSPS) is 19.4. The number of rotatable bonds is 0. The summed E-state index contributed by atoms with van der Waals surface area (Å²) in [6, 6.07) is 8.58. The number of aromatic nitrogens is 2. The topological polar surface area (TPSA) is 58.4 Å². The second-order valence-electron chi connectivity index (χ2n) is 6.20. The first-order valence-electron chi connectivity index (χ1n) is 7.78. The number of hydrogen-bond acceptors (Lipinski definition) is 2. The molecule has 0 radical (unpaired) electrons. The lowest BCUT2D eigenvalue weighted by atomic mass is 9.70. The number of carbonyl (C=O) groups is 1. The number of likely N-dealkylation sites (tertiary alicyclic amines) is 1. The van der Waals surface area contributed by atoms with Crippen LogP contribution in [0.1, 0.15) is 29.8 Å². The molecule has 22 heavy (non-hydrogen) atoms. The first-order valence-corrected chi connectivity index (χ1v) is 7.78. The molecule has 5 heteroatoms. The highest BCUT2D eigenvalue weighted by Gasteiger charge is 2.44. The summed E-state index contributed by atoms with van der Waals surface area (Å²) in [7, 11) is 0. The zero-order valence-electron chi connectivity index (χ0n) is 12.4. The van der Waals surface area contributed by atoms with Gasteiger partial charge in [-0.15, -0.1) is 0 Å². The van der Waals surface area contributed by atoms with E-state index in [2.05, 4.69) is 33.8 Å². The third-order valence-electron chi connectivity index (χ3n) is 5.19. The molecule has 3 heterocycles. The molecule has 2 aromatic rings. The lowest BCUT2D eigenvalue weighted by molar-refractivity contribution is 0.121. The number of carboxylic acid groups (broad SMARTS) is 1. The van der Waals surface area contributed by atoms with Crippen LogP contribution in [0.15, 0.2) is 36.7 Å². The Kier molecular flexibility index (Phi) is 2.96. The van der Waals surface area contributed by atoms with E-state index in [1.54, 1.807) is 0 Å². The van der Waals surface area contributed by atoms with Crippen molar-refractivity contribution in [3.63, 3.8) is 0 Å². The van der Waals surface area contributed by atoms with Gasteiger partial charge in [-0.1, -0.05) is 24.3 Å². The molecular formula is C17H19N3O2. The number of amides is 1. The molecule has 0 bridgehead atoms. The van der Waals surface area contributed by atoms with Gasteiger partial charge in [0.05, 0.1) is 5.41 Å². The van der Waals surface area contributed by atoms with E-state index < -0.39 is 6.09 Å². The molecule has 2 aliphatic heterocycles. The standard InChI is InChI=1S/C17H19N3O2/c21-16(22)20-10-6-17(7-11-20)14-4-2-1-3-13(14)5-9-19-12-8-18-15(17)19/h1-4,8,12H,5-7,9-11H2,(H,21,22). The molecule has 1 aromatic heterocycles. The highest BCUT2D eigenvalue weighted by atomic mass is 16.4. The minimum absolute atomic E-state index is 0.150. The number of fused-ring (bicyclic) bond motifs is 4. The minimum atomic E-state index is -0.819. The van der Waals surface area contributed by atoms with Gasteiger partial charge in [-0.2, -0.15) is 0 Å². The van der Waals surface area contributed by atoms with Gasteiger partial charge in [0, 0.05) is 32.0 Å². The second kappa shape index (κ2) is 4.87. The zero-order valence-corrected chi connectivity index (χ0v) is 12.4. The molecule has 1 aromatic carbocycles. The summed E-state index contributed by atoms with van der Waals surface area (Å²) < 4.78 is 2.25. The Hall–Kier alpha value is -2.30. The predicted molar refractivity (Wildman–Crippen MR) is 82.0 cm³/mol. The molecule has 114 valence electrons. The van der Waals surface area contributed by atoms with E-state index in [-0.39, 0.29) is 5.41 Å². The maximum atomic E-state index is 11.2. The third-order valence-corrected chi connectivity index (χ3v) is 5.19. The van der Waals surface area contributed by atoms with Crippen LogP contribution in [-0.2, 0) is 18.4 Å². The molecule has 1 spiro atoms. The van der Waals surface area contributed by atoms with Gasteiger partial charge in [0.1, 0.15) is 5.82 Å². The van der Waals surface area contributed by atoms with Crippen molar-refractivity contribution < 1.29 is 9.90 Å². The second-order valence-corrected chi connectivity index (χ2v) is 6.20. The Bertz CT molecular complexity index is 714. The highest BCUT2D eigenvalue weighted by Crippen LogP contribution is 2.44. The number of imidazole rings is 1. The van der Waals surface area contributed by atoms with Crippen LogP contribution in [0.5, 0.6) is 0 Å². The van der Waals surface area contributed by atoms with E-state index in [0.29, 0.717) is 13.1 Å². The number of piperidine rings is 1. The number of aryl methyl sites for hydroxylation is 2. The van der Waals surface area contributed by atoms with Crippen molar-refractivity contribution in [2.75, 3.05) is 13.1 Å². The third kappa shape index (κ3) is 1.85. The zero-order chi connectivity index (χ0) is 15.2. The Balaban J connectivity index is 1.83. The fourth-order valence-corrected chi connectivity index (χ4v) is 4.05. The molecule has 0 saturated carbocycles.